The molecular formula is C6H14N2O5. The van der Waals surface area contributed by atoms with E-state index in [1.54, 1.807) is 0 Å². The van der Waals surface area contributed by atoms with Gasteiger partial charge in [0.1, 0.15) is 30.6 Å². The first-order chi connectivity index (χ1) is 6.11. The minimum Gasteiger partial charge on any atom is -0.394 e. The summed E-state index contributed by atoms with van der Waals surface area (Å²) in [6, 6.07) is 0. The molecule has 7 N–H and O–H groups in total. The molecule has 5 atom stereocenters. The van der Waals surface area contributed by atoms with Gasteiger partial charge >= 0.3 is 0 Å². The predicted molar refractivity (Wildman–Crippen MR) is 41.1 cm³/mol. The molecular weight excluding hydrogens is 180 g/mol. The molecule has 0 amide bonds. The van der Waals surface area contributed by atoms with Crippen LogP contribution in [0.1, 0.15) is 0 Å². The van der Waals surface area contributed by atoms with Gasteiger partial charge in [0.25, 0.3) is 0 Å². The van der Waals surface area contributed by atoms with Gasteiger partial charge in [-0.15, -0.1) is 0 Å². The van der Waals surface area contributed by atoms with E-state index < -0.39 is 37.3 Å². The normalized spacial score (nSPS) is 46.4. The summed E-state index contributed by atoms with van der Waals surface area (Å²) in [6.45, 7) is -0.455. The fourth-order valence-electron chi connectivity index (χ4n) is 1.24. The molecule has 0 unspecified atom stereocenters. The zero-order valence-electron chi connectivity index (χ0n) is 6.87. The predicted octanol–water partition coefficient (Wildman–Crippen LogP) is -3.75. The summed E-state index contributed by atoms with van der Waals surface area (Å²) < 4.78 is 4.93. The van der Waals surface area contributed by atoms with Crippen LogP contribution in [-0.4, -0.2) is 57.7 Å². The summed E-state index contributed by atoms with van der Waals surface area (Å²) >= 11 is 0. The lowest BCUT2D eigenvalue weighted by atomic mass is 9.99. The average Bonchev–Trinajstić information content (AvgIpc) is 2.15. The van der Waals surface area contributed by atoms with Crippen LogP contribution < -0.4 is 11.3 Å². The number of ether oxygens (including phenoxy) is 1. The third-order valence-electron chi connectivity index (χ3n) is 2.06. The number of rotatable bonds is 2. The van der Waals surface area contributed by atoms with E-state index in [1.165, 1.54) is 0 Å². The Hall–Kier alpha value is -0.280. The van der Waals surface area contributed by atoms with Gasteiger partial charge in [-0.05, 0) is 0 Å². The summed E-state index contributed by atoms with van der Waals surface area (Å²) in [7, 11) is 0. The highest BCUT2D eigenvalue weighted by Gasteiger charge is 2.42. The van der Waals surface area contributed by atoms with E-state index in [2.05, 4.69) is 5.43 Å². The highest BCUT2D eigenvalue weighted by atomic mass is 16.6. The lowest BCUT2D eigenvalue weighted by Crippen LogP contribution is -2.63. The van der Waals surface area contributed by atoms with Gasteiger partial charge in [0.15, 0.2) is 0 Å². The Morgan fingerprint density at radius 3 is 2.23 bits per heavy atom. The van der Waals surface area contributed by atoms with Crippen molar-refractivity contribution < 1.29 is 25.2 Å². The van der Waals surface area contributed by atoms with Crippen molar-refractivity contribution in [2.24, 2.45) is 5.84 Å². The molecule has 1 rings (SSSR count). The van der Waals surface area contributed by atoms with E-state index in [0.717, 1.165) is 0 Å². The molecule has 0 aromatic heterocycles. The molecule has 0 bridgehead atoms. The molecule has 0 spiro atoms. The molecule has 0 aromatic rings. The third kappa shape index (κ3) is 1.97. The van der Waals surface area contributed by atoms with E-state index >= 15 is 0 Å². The van der Waals surface area contributed by atoms with Crippen molar-refractivity contribution in [3.63, 3.8) is 0 Å². The molecule has 1 aliphatic rings. The molecule has 0 radical (unpaired) electrons. The highest BCUT2D eigenvalue weighted by molar-refractivity contribution is 4.90. The van der Waals surface area contributed by atoms with Crippen LogP contribution in [0.5, 0.6) is 0 Å². The Bertz CT molecular complexity index is 149. The summed E-state index contributed by atoms with van der Waals surface area (Å²) in [6.07, 6.45) is -5.95. The van der Waals surface area contributed by atoms with E-state index in [0.29, 0.717) is 0 Å². The van der Waals surface area contributed by atoms with Crippen molar-refractivity contribution >= 4 is 0 Å². The largest absolute Gasteiger partial charge is 0.394 e. The van der Waals surface area contributed by atoms with Crippen LogP contribution in [0.15, 0.2) is 0 Å². The molecule has 0 saturated carbocycles. The van der Waals surface area contributed by atoms with Crippen LogP contribution >= 0.6 is 0 Å². The maximum absolute atomic E-state index is 9.26. The van der Waals surface area contributed by atoms with Crippen LogP contribution in [0, 0.1) is 0 Å². The van der Waals surface area contributed by atoms with E-state index in [9.17, 15) is 15.3 Å². The van der Waals surface area contributed by atoms with Gasteiger partial charge in [-0.1, -0.05) is 0 Å². The fraction of sp³-hybridized carbons (Fsp3) is 1.00. The quantitative estimate of drug-likeness (QED) is 0.197. The second-order valence-corrected chi connectivity index (χ2v) is 2.92. The summed E-state index contributed by atoms with van der Waals surface area (Å²) in [4.78, 5) is 0. The monoisotopic (exact) mass is 194 g/mol. The van der Waals surface area contributed by atoms with Gasteiger partial charge in [-0.25, -0.2) is 5.43 Å². The first kappa shape index (κ1) is 10.8. The van der Waals surface area contributed by atoms with Crippen LogP contribution in [0.4, 0.5) is 0 Å². The van der Waals surface area contributed by atoms with E-state index in [1.807, 2.05) is 0 Å². The maximum Gasteiger partial charge on any atom is 0.149 e. The van der Waals surface area contributed by atoms with Crippen LogP contribution in [0.3, 0.4) is 0 Å². The molecule has 0 aromatic carbocycles. The number of aliphatic hydroxyl groups excluding tert-OH is 4. The van der Waals surface area contributed by atoms with Gasteiger partial charge in [-0.2, -0.15) is 0 Å². The molecule has 13 heavy (non-hydrogen) atoms. The topological polar surface area (TPSA) is 128 Å². The molecule has 1 heterocycles. The summed E-state index contributed by atoms with van der Waals surface area (Å²) in [5.41, 5.74) is 2.11. The number of nitrogens with one attached hydrogen (secondary N) is 1. The molecule has 1 aliphatic heterocycles. The van der Waals surface area contributed by atoms with E-state index in [-0.39, 0.29) is 0 Å². The Morgan fingerprint density at radius 1 is 1.15 bits per heavy atom. The molecule has 7 nitrogen and oxygen atoms in total. The van der Waals surface area contributed by atoms with Gasteiger partial charge in [-0.3, -0.25) is 5.84 Å². The van der Waals surface area contributed by atoms with Crippen molar-refractivity contribution in [3.8, 4) is 0 Å². The van der Waals surface area contributed by atoms with Crippen molar-refractivity contribution in [3.05, 3.63) is 0 Å². The third-order valence-corrected chi connectivity index (χ3v) is 2.06. The molecule has 0 aliphatic carbocycles. The summed E-state index contributed by atoms with van der Waals surface area (Å²) in [5, 5.41) is 36.5. The lowest BCUT2D eigenvalue weighted by molar-refractivity contribution is -0.236. The van der Waals surface area contributed by atoms with Gasteiger partial charge in [0.2, 0.25) is 0 Å². The SMILES string of the molecule is NN[C@@H]1O[C@H](CO)[C@@H](O)[C@@H](O)[C@@H]1O. The Labute approximate surface area is 74.7 Å². The van der Waals surface area contributed by atoms with Gasteiger partial charge in [0.05, 0.1) is 6.61 Å². The Kier molecular flexibility index (Phi) is 3.56. The van der Waals surface area contributed by atoms with Crippen molar-refractivity contribution in [1.82, 2.24) is 5.43 Å². The van der Waals surface area contributed by atoms with E-state index in [4.69, 9.17) is 15.7 Å². The second-order valence-electron chi connectivity index (χ2n) is 2.92. The van der Waals surface area contributed by atoms with Crippen LogP contribution in [0.2, 0.25) is 0 Å². The number of hydrazine groups is 1. The molecule has 7 heteroatoms. The Morgan fingerprint density at radius 2 is 1.77 bits per heavy atom. The number of aliphatic hydroxyl groups is 4. The molecule has 1 fully saturated rings. The summed E-state index contributed by atoms with van der Waals surface area (Å²) in [5.74, 6) is 5.01. The smallest absolute Gasteiger partial charge is 0.149 e. The average molecular weight is 194 g/mol. The fourth-order valence-corrected chi connectivity index (χ4v) is 1.24. The minimum atomic E-state index is -1.38. The van der Waals surface area contributed by atoms with Gasteiger partial charge in [0, 0.05) is 0 Å². The minimum absolute atomic E-state index is 0.455. The van der Waals surface area contributed by atoms with Crippen LogP contribution in [-0.2, 0) is 4.74 Å². The van der Waals surface area contributed by atoms with Crippen LogP contribution in [0.25, 0.3) is 0 Å². The number of hydrogen-bond donors (Lipinski definition) is 6. The Balaban J connectivity index is 2.66. The number of nitrogens with two attached hydrogens (primary N) is 1. The standard InChI is InChI=1S/C6H14N2O5/c7-8-6-5(12)4(11)3(10)2(1-9)13-6/h2-6,8-12H,1,7H2/t2-,3-,4-,5+,6-/m1/s1. The van der Waals surface area contributed by atoms with Crippen molar-refractivity contribution in [2.75, 3.05) is 6.61 Å². The van der Waals surface area contributed by atoms with Crippen molar-refractivity contribution in [2.45, 2.75) is 30.6 Å². The molecule has 78 valence electrons. The van der Waals surface area contributed by atoms with Crippen molar-refractivity contribution in [1.29, 1.82) is 0 Å². The lowest BCUT2D eigenvalue weighted by Gasteiger charge is -2.39. The molecule has 1 saturated heterocycles. The zero-order chi connectivity index (χ0) is 10.0. The second kappa shape index (κ2) is 4.29. The first-order valence-corrected chi connectivity index (χ1v) is 3.88. The van der Waals surface area contributed by atoms with Gasteiger partial charge < -0.3 is 25.2 Å². The number of hydrogen-bond acceptors (Lipinski definition) is 7. The highest BCUT2D eigenvalue weighted by Crippen LogP contribution is 2.18. The zero-order valence-corrected chi connectivity index (χ0v) is 6.87. The maximum atomic E-state index is 9.26. The first-order valence-electron chi connectivity index (χ1n) is 3.88.